The number of hydrogen-bond donors (Lipinski definition) is 1. The number of fused-ring (bicyclic) bond motifs is 1. The van der Waals surface area contributed by atoms with Gasteiger partial charge in [-0.3, -0.25) is 9.36 Å². The maximum absolute atomic E-state index is 11.8. The van der Waals surface area contributed by atoms with Crippen LogP contribution in [-0.4, -0.2) is 11.7 Å². The molecule has 0 fully saturated rings. The summed E-state index contributed by atoms with van der Waals surface area (Å²) >= 11 is 0. The summed E-state index contributed by atoms with van der Waals surface area (Å²) in [6.45, 7) is 0. The summed E-state index contributed by atoms with van der Waals surface area (Å²) in [6, 6.07) is 7.07. The second-order valence-electron chi connectivity index (χ2n) is 3.39. The number of nitrogens with zero attached hydrogens (tertiary/aromatic N) is 1. The van der Waals surface area contributed by atoms with Crippen molar-refractivity contribution in [3.63, 3.8) is 0 Å². The Morgan fingerprint density at radius 1 is 1.33 bits per heavy atom. The molecule has 2 N–H and O–H groups in total. The minimum absolute atomic E-state index is 0.0901. The van der Waals surface area contributed by atoms with Gasteiger partial charge >= 0.3 is 0 Å². The van der Waals surface area contributed by atoms with Gasteiger partial charge in [-0.05, 0) is 29.7 Å². The first-order valence-corrected chi connectivity index (χ1v) is 4.56. The van der Waals surface area contributed by atoms with Gasteiger partial charge in [-0.15, -0.1) is 0 Å². The average molecular weight is 204 g/mol. The molecule has 4 heteroatoms. The van der Waals surface area contributed by atoms with Crippen molar-refractivity contribution in [2.45, 2.75) is 0 Å². The molecule has 0 aliphatic heterocycles. The zero-order chi connectivity index (χ0) is 11.0. The molecule has 0 aliphatic rings. The predicted molar refractivity (Wildman–Crippen MR) is 60.2 cm³/mol. The standard InChI is InChI=1S/C11H12N2O2/c1-13-10(12)6-7-5-8(15-2)3-4-9(7)11(13)14/h3-6H,12H2,1-2H3. The van der Waals surface area contributed by atoms with E-state index in [0.29, 0.717) is 11.2 Å². The first kappa shape index (κ1) is 9.58. The zero-order valence-electron chi connectivity index (χ0n) is 8.65. The lowest BCUT2D eigenvalue weighted by molar-refractivity contribution is 0.415. The molecular weight excluding hydrogens is 192 g/mol. The number of pyridine rings is 1. The van der Waals surface area contributed by atoms with Crippen LogP contribution in [0.5, 0.6) is 5.75 Å². The molecule has 4 nitrogen and oxygen atoms in total. The van der Waals surface area contributed by atoms with E-state index in [0.717, 1.165) is 11.1 Å². The summed E-state index contributed by atoms with van der Waals surface area (Å²) in [6.07, 6.45) is 0. The number of hydrogen-bond acceptors (Lipinski definition) is 3. The van der Waals surface area contributed by atoms with E-state index in [1.807, 2.05) is 0 Å². The van der Waals surface area contributed by atoms with E-state index in [4.69, 9.17) is 10.5 Å². The van der Waals surface area contributed by atoms with E-state index >= 15 is 0 Å². The van der Waals surface area contributed by atoms with E-state index in [1.54, 1.807) is 38.4 Å². The van der Waals surface area contributed by atoms with Crippen LogP contribution in [-0.2, 0) is 7.05 Å². The highest BCUT2D eigenvalue weighted by molar-refractivity contribution is 5.85. The highest BCUT2D eigenvalue weighted by atomic mass is 16.5. The normalized spacial score (nSPS) is 10.5. The molecule has 0 radical (unpaired) electrons. The molecule has 0 saturated carbocycles. The molecule has 0 amide bonds. The minimum Gasteiger partial charge on any atom is -0.497 e. The Kier molecular flexibility index (Phi) is 2.11. The molecular formula is C11H12N2O2. The third-order valence-electron chi connectivity index (χ3n) is 2.48. The third kappa shape index (κ3) is 1.44. The monoisotopic (exact) mass is 204 g/mol. The number of rotatable bonds is 1. The number of ether oxygens (including phenoxy) is 1. The van der Waals surface area contributed by atoms with Crippen molar-refractivity contribution in [1.29, 1.82) is 0 Å². The predicted octanol–water partition coefficient (Wildman–Crippen LogP) is 1.13. The van der Waals surface area contributed by atoms with Gasteiger partial charge in [0.2, 0.25) is 0 Å². The van der Waals surface area contributed by atoms with Gasteiger partial charge in [-0.25, -0.2) is 0 Å². The van der Waals surface area contributed by atoms with Crippen molar-refractivity contribution in [3.8, 4) is 5.75 Å². The van der Waals surface area contributed by atoms with Crippen LogP contribution in [0.25, 0.3) is 10.8 Å². The Morgan fingerprint density at radius 2 is 2.07 bits per heavy atom. The summed E-state index contributed by atoms with van der Waals surface area (Å²) in [4.78, 5) is 11.8. The topological polar surface area (TPSA) is 57.2 Å². The fourth-order valence-corrected chi connectivity index (χ4v) is 1.54. The van der Waals surface area contributed by atoms with Crippen molar-refractivity contribution < 1.29 is 4.74 Å². The molecule has 0 atom stereocenters. The van der Waals surface area contributed by atoms with Crippen LogP contribution in [0.15, 0.2) is 29.1 Å². The lowest BCUT2D eigenvalue weighted by Crippen LogP contribution is -2.19. The maximum atomic E-state index is 11.8. The molecule has 78 valence electrons. The van der Waals surface area contributed by atoms with Crippen LogP contribution in [0.2, 0.25) is 0 Å². The van der Waals surface area contributed by atoms with Crippen molar-refractivity contribution in [2.24, 2.45) is 7.05 Å². The van der Waals surface area contributed by atoms with Gasteiger partial charge in [0.1, 0.15) is 11.6 Å². The zero-order valence-corrected chi connectivity index (χ0v) is 8.65. The Labute approximate surface area is 86.9 Å². The fraction of sp³-hybridized carbons (Fsp3) is 0.182. The number of nitrogens with two attached hydrogens (primary N) is 1. The highest BCUT2D eigenvalue weighted by Crippen LogP contribution is 2.19. The van der Waals surface area contributed by atoms with Crippen LogP contribution in [0, 0.1) is 0 Å². The average Bonchev–Trinajstić information content (AvgIpc) is 2.25. The molecule has 1 heterocycles. The van der Waals surface area contributed by atoms with Crippen molar-refractivity contribution in [1.82, 2.24) is 4.57 Å². The second kappa shape index (κ2) is 3.31. The summed E-state index contributed by atoms with van der Waals surface area (Å²) in [7, 11) is 3.24. The first-order valence-electron chi connectivity index (χ1n) is 4.56. The smallest absolute Gasteiger partial charge is 0.259 e. The largest absolute Gasteiger partial charge is 0.497 e. The van der Waals surface area contributed by atoms with Gasteiger partial charge in [-0.2, -0.15) is 0 Å². The van der Waals surface area contributed by atoms with E-state index in [2.05, 4.69) is 0 Å². The number of anilines is 1. The van der Waals surface area contributed by atoms with Crippen molar-refractivity contribution in [2.75, 3.05) is 12.8 Å². The fourth-order valence-electron chi connectivity index (χ4n) is 1.54. The van der Waals surface area contributed by atoms with E-state index < -0.39 is 0 Å². The van der Waals surface area contributed by atoms with E-state index in [9.17, 15) is 4.79 Å². The van der Waals surface area contributed by atoms with Crippen LogP contribution in [0.3, 0.4) is 0 Å². The van der Waals surface area contributed by atoms with Gasteiger partial charge in [0.25, 0.3) is 5.56 Å². The highest BCUT2D eigenvalue weighted by Gasteiger charge is 2.04. The lowest BCUT2D eigenvalue weighted by Gasteiger charge is -2.06. The van der Waals surface area contributed by atoms with Gasteiger partial charge in [0, 0.05) is 12.4 Å². The SMILES string of the molecule is COc1ccc2c(=O)n(C)c(N)cc2c1. The summed E-state index contributed by atoms with van der Waals surface area (Å²) in [5.74, 6) is 1.16. The minimum atomic E-state index is -0.0901. The second-order valence-corrected chi connectivity index (χ2v) is 3.39. The Bertz CT molecular complexity index is 573. The molecule has 0 bridgehead atoms. The van der Waals surface area contributed by atoms with Gasteiger partial charge < -0.3 is 10.5 Å². The van der Waals surface area contributed by atoms with Crippen LogP contribution in [0.1, 0.15) is 0 Å². The van der Waals surface area contributed by atoms with Gasteiger partial charge in [-0.1, -0.05) is 0 Å². The lowest BCUT2D eigenvalue weighted by atomic mass is 10.1. The number of benzene rings is 1. The molecule has 0 saturated heterocycles. The molecule has 1 aromatic carbocycles. The molecule has 0 unspecified atom stereocenters. The first-order chi connectivity index (χ1) is 7.13. The van der Waals surface area contributed by atoms with Gasteiger partial charge in [0.05, 0.1) is 7.11 Å². The maximum Gasteiger partial charge on any atom is 0.259 e. The van der Waals surface area contributed by atoms with E-state index in [-0.39, 0.29) is 5.56 Å². The Balaban J connectivity index is 2.86. The summed E-state index contributed by atoms with van der Waals surface area (Å²) in [5, 5.41) is 1.45. The summed E-state index contributed by atoms with van der Waals surface area (Å²) in [5.41, 5.74) is 5.61. The number of methoxy groups -OCH3 is 1. The van der Waals surface area contributed by atoms with Crippen LogP contribution in [0.4, 0.5) is 5.82 Å². The molecule has 2 rings (SSSR count). The number of nitrogen functional groups attached to an aromatic ring is 1. The van der Waals surface area contributed by atoms with Crippen molar-refractivity contribution in [3.05, 3.63) is 34.6 Å². The van der Waals surface area contributed by atoms with Crippen LogP contribution >= 0.6 is 0 Å². The van der Waals surface area contributed by atoms with Crippen molar-refractivity contribution >= 4 is 16.6 Å². The number of aromatic nitrogens is 1. The van der Waals surface area contributed by atoms with E-state index in [1.165, 1.54) is 4.57 Å². The quantitative estimate of drug-likeness (QED) is 0.757. The van der Waals surface area contributed by atoms with Crippen LogP contribution < -0.4 is 16.0 Å². The third-order valence-corrected chi connectivity index (χ3v) is 2.48. The molecule has 2 aromatic rings. The summed E-state index contributed by atoms with van der Waals surface area (Å²) < 4.78 is 6.51. The Morgan fingerprint density at radius 3 is 2.73 bits per heavy atom. The van der Waals surface area contributed by atoms with Gasteiger partial charge in [0.15, 0.2) is 0 Å². The molecule has 0 spiro atoms. The molecule has 0 aliphatic carbocycles. The Hall–Kier alpha value is -1.97. The molecule has 1 aromatic heterocycles. The molecule has 15 heavy (non-hydrogen) atoms.